The second kappa shape index (κ2) is 6.46. The van der Waals surface area contributed by atoms with Crippen molar-refractivity contribution in [1.29, 1.82) is 0 Å². The Balaban J connectivity index is 1.60. The Morgan fingerprint density at radius 3 is 2.19 bits per heavy atom. The smallest absolute Gasteiger partial charge is 0.0543 e. The molecule has 4 fully saturated rings. The van der Waals surface area contributed by atoms with E-state index in [-0.39, 0.29) is 30.1 Å². The Labute approximate surface area is 159 Å². The van der Waals surface area contributed by atoms with E-state index in [1.54, 1.807) is 0 Å². The second-order valence-corrected chi connectivity index (χ2v) is 11.2. The third-order valence-corrected chi connectivity index (χ3v) is 10.2. The summed E-state index contributed by atoms with van der Waals surface area (Å²) < 4.78 is 0. The van der Waals surface area contributed by atoms with Crippen molar-refractivity contribution in [2.75, 3.05) is 13.2 Å². The Bertz CT molecular complexity index is 530. The van der Waals surface area contributed by atoms with Gasteiger partial charge in [-0.2, -0.15) is 0 Å². The summed E-state index contributed by atoms with van der Waals surface area (Å²) in [6.07, 6.45) is 10.8. The molecular weight excluding hydrogens is 324 g/mol. The molecule has 4 aliphatic rings. The lowest BCUT2D eigenvalue weighted by molar-refractivity contribution is -0.139. The summed E-state index contributed by atoms with van der Waals surface area (Å²) in [6, 6.07) is 0. The normalized spacial score (nSPS) is 51.5. The number of aliphatic hydroxyl groups is 3. The van der Waals surface area contributed by atoms with Crippen LogP contribution in [0.4, 0.5) is 0 Å². The van der Waals surface area contributed by atoms with Crippen LogP contribution in [0.15, 0.2) is 0 Å². The molecule has 4 aliphatic carbocycles. The molecule has 150 valence electrons. The van der Waals surface area contributed by atoms with E-state index in [1.165, 1.54) is 44.9 Å². The zero-order chi connectivity index (χ0) is 18.7. The van der Waals surface area contributed by atoms with Crippen molar-refractivity contribution in [3.63, 3.8) is 0 Å². The minimum atomic E-state index is -0.341. The summed E-state index contributed by atoms with van der Waals surface area (Å²) in [6.45, 7) is 7.32. The number of aliphatic hydroxyl groups excluding tert-OH is 3. The van der Waals surface area contributed by atoms with Crippen LogP contribution in [0.2, 0.25) is 0 Å². The third kappa shape index (κ3) is 2.56. The molecule has 3 N–H and O–H groups in total. The maximum atomic E-state index is 10.2. The lowest BCUT2D eigenvalue weighted by atomic mass is 9.44. The number of fused-ring (bicyclic) bond motifs is 5. The minimum absolute atomic E-state index is 0.0656. The van der Waals surface area contributed by atoms with Crippen molar-refractivity contribution in [1.82, 2.24) is 0 Å². The summed E-state index contributed by atoms with van der Waals surface area (Å²) in [5.74, 6) is 3.55. The lowest BCUT2D eigenvalue weighted by Crippen LogP contribution is -2.55. The first-order valence-corrected chi connectivity index (χ1v) is 11.2. The maximum absolute atomic E-state index is 10.2. The van der Waals surface area contributed by atoms with Crippen molar-refractivity contribution in [2.24, 2.45) is 45.8 Å². The molecule has 4 saturated carbocycles. The highest BCUT2D eigenvalue weighted by Gasteiger charge is 2.62. The zero-order valence-electron chi connectivity index (χ0n) is 17.1. The molecule has 3 heteroatoms. The van der Waals surface area contributed by atoms with Gasteiger partial charge in [-0.05, 0) is 98.2 Å². The topological polar surface area (TPSA) is 60.7 Å². The Morgan fingerprint density at radius 2 is 1.50 bits per heavy atom. The molecule has 0 saturated heterocycles. The highest BCUT2D eigenvalue weighted by atomic mass is 16.3. The van der Waals surface area contributed by atoms with Gasteiger partial charge in [0.15, 0.2) is 0 Å². The van der Waals surface area contributed by atoms with Crippen LogP contribution in [-0.4, -0.2) is 34.6 Å². The van der Waals surface area contributed by atoms with Crippen molar-refractivity contribution >= 4 is 0 Å². The van der Waals surface area contributed by atoms with E-state index >= 15 is 0 Å². The fourth-order valence-electron chi connectivity index (χ4n) is 8.65. The molecule has 26 heavy (non-hydrogen) atoms. The van der Waals surface area contributed by atoms with Gasteiger partial charge < -0.3 is 15.3 Å². The minimum Gasteiger partial charge on any atom is -0.396 e. The van der Waals surface area contributed by atoms with Gasteiger partial charge >= 0.3 is 0 Å². The van der Waals surface area contributed by atoms with Crippen LogP contribution in [0.25, 0.3) is 0 Å². The van der Waals surface area contributed by atoms with Crippen molar-refractivity contribution in [2.45, 2.75) is 84.7 Å². The van der Waals surface area contributed by atoms with Crippen LogP contribution in [0.3, 0.4) is 0 Å². The summed E-state index contributed by atoms with van der Waals surface area (Å²) in [7, 11) is 0. The van der Waals surface area contributed by atoms with E-state index in [9.17, 15) is 15.3 Å². The van der Waals surface area contributed by atoms with Gasteiger partial charge in [0.05, 0.1) is 19.3 Å². The second-order valence-electron chi connectivity index (χ2n) is 11.2. The van der Waals surface area contributed by atoms with Crippen LogP contribution in [0.5, 0.6) is 0 Å². The van der Waals surface area contributed by atoms with Gasteiger partial charge in [-0.25, -0.2) is 0 Å². The average Bonchev–Trinajstić information content (AvgIpc) is 2.99. The highest BCUT2D eigenvalue weighted by Crippen LogP contribution is 2.69. The molecule has 0 bridgehead atoms. The fraction of sp³-hybridized carbons (Fsp3) is 1.00. The SMILES string of the molecule is CC(CO)(CO)[C@H]1CC[C@H]2[C@@H]3CC[C@H]4C[C@H](O)CC[C@]4(C)[C@H]3CC[C@]12C. The molecule has 4 rings (SSSR count). The van der Waals surface area contributed by atoms with Gasteiger partial charge in [0.25, 0.3) is 0 Å². The van der Waals surface area contributed by atoms with Crippen molar-refractivity contribution < 1.29 is 15.3 Å². The Kier molecular flexibility index (Phi) is 4.77. The van der Waals surface area contributed by atoms with Crippen molar-refractivity contribution in [3.8, 4) is 0 Å². The molecule has 3 nitrogen and oxygen atoms in total. The Hall–Kier alpha value is -0.120. The fourth-order valence-corrected chi connectivity index (χ4v) is 8.65. The molecule has 0 heterocycles. The van der Waals surface area contributed by atoms with E-state index in [0.29, 0.717) is 17.3 Å². The molecule has 0 aromatic carbocycles. The van der Waals surface area contributed by atoms with Gasteiger partial charge in [-0.15, -0.1) is 0 Å². The monoisotopic (exact) mass is 364 g/mol. The highest BCUT2D eigenvalue weighted by molar-refractivity contribution is 5.11. The van der Waals surface area contributed by atoms with Gasteiger partial charge in [0.1, 0.15) is 0 Å². The summed E-state index contributed by atoms with van der Waals surface area (Å²) in [4.78, 5) is 0. The van der Waals surface area contributed by atoms with E-state index in [1.807, 2.05) is 0 Å². The largest absolute Gasteiger partial charge is 0.396 e. The molecule has 0 aliphatic heterocycles. The first-order valence-electron chi connectivity index (χ1n) is 11.2. The summed E-state index contributed by atoms with van der Waals surface area (Å²) >= 11 is 0. The molecule has 0 radical (unpaired) electrons. The number of rotatable bonds is 3. The summed E-state index contributed by atoms with van der Waals surface area (Å²) in [5, 5.41) is 30.2. The molecule has 0 unspecified atom stereocenters. The average molecular weight is 365 g/mol. The number of hydrogen-bond acceptors (Lipinski definition) is 3. The van der Waals surface area contributed by atoms with Crippen LogP contribution in [-0.2, 0) is 0 Å². The predicted octanol–water partition coefficient (Wildman–Crippen LogP) is 4.00. The Morgan fingerprint density at radius 1 is 0.846 bits per heavy atom. The molecule has 0 aromatic rings. The van der Waals surface area contributed by atoms with Gasteiger partial charge in [0.2, 0.25) is 0 Å². The van der Waals surface area contributed by atoms with Crippen molar-refractivity contribution in [3.05, 3.63) is 0 Å². The molecule has 0 spiro atoms. The quantitative estimate of drug-likeness (QED) is 0.709. The van der Waals surface area contributed by atoms with Gasteiger partial charge in [-0.3, -0.25) is 0 Å². The van der Waals surface area contributed by atoms with Gasteiger partial charge in [0, 0.05) is 5.41 Å². The lowest BCUT2D eigenvalue weighted by Gasteiger charge is -2.61. The van der Waals surface area contributed by atoms with Crippen LogP contribution < -0.4 is 0 Å². The van der Waals surface area contributed by atoms with E-state index < -0.39 is 0 Å². The maximum Gasteiger partial charge on any atom is 0.0543 e. The van der Waals surface area contributed by atoms with E-state index in [2.05, 4.69) is 20.8 Å². The predicted molar refractivity (Wildman–Crippen MR) is 104 cm³/mol. The summed E-state index contributed by atoms with van der Waals surface area (Å²) in [5.41, 5.74) is 0.365. The molecule has 0 aromatic heterocycles. The standard InChI is InChI=1S/C23H40O3/c1-21(13-24,14-25)20-7-6-18-17-5-4-15-12-16(26)8-10-22(15,2)19(17)9-11-23(18,20)3/h15-20,24-26H,4-14H2,1-3H3/t15-,16+,17-,18-,19-,20+,22-,23-/m0/s1. The van der Waals surface area contributed by atoms with Crippen LogP contribution in [0.1, 0.15) is 78.6 Å². The molecule has 0 amide bonds. The van der Waals surface area contributed by atoms with E-state index in [4.69, 9.17) is 0 Å². The third-order valence-electron chi connectivity index (χ3n) is 10.2. The van der Waals surface area contributed by atoms with Gasteiger partial charge in [-0.1, -0.05) is 20.8 Å². The molecule has 8 atom stereocenters. The number of hydrogen-bond donors (Lipinski definition) is 3. The first kappa shape index (κ1) is 19.2. The van der Waals surface area contributed by atoms with Crippen LogP contribution in [0, 0.1) is 45.8 Å². The first-order chi connectivity index (χ1) is 12.3. The van der Waals surface area contributed by atoms with Crippen LogP contribution >= 0.6 is 0 Å². The van der Waals surface area contributed by atoms with E-state index in [0.717, 1.165) is 30.6 Å². The molecular formula is C23H40O3. The zero-order valence-corrected chi connectivity index (χ0v) is 17.1.